The molecule has 2 aromatic heterocycles. The van der Waals surface area contributed by atoms with E-state index in [0.29, 0.717) is 50.8 Å². The number of nitrogens with zero attached hydrogens (tertiary/aromatic N) is 5. The molecule has 3 aliphatic heterocycles. The van der Waals surface area contributed by atoms with Gasteiger partial charge in [0.05, 0.1) is 40.9 Å². The van der Waals surface area contributed by atoms with Crippen LogP contribution in [0.2, 0.25) is 5.02 Å². The molecule has 46 heavy (non-hydrogen) atoms. The predicted octanol–water partition coefficient (Wildman–Crippen LogP) is 4.54. The molecule has 2 fully saturated rings. The Morgan fingerprint density at radius 1 is 1.09 bits per heavy atom. The molecule has 16 heteroatoms. The van der Waals surface area contributed by atoms with Crippen LogP contribution in [0.4, 0.5) is 28.9 Å². The highest BCUT2D eigenvalue weighted by Crippen LogP contribution is 2.43. The third-order valence-corrected chi connectivity index (χ3v) is 8.81. The Balaban J connectivity index is 1.33. The number of hydrogen-bond donors (Lipinski definition) is 2. The summed E-state index contributed by atoms with van der Waals surface area (Å²) in [6, 6.07) is 6.08. The standard InChI is InChI=1S/C30H28ClF4N7O4/c1-15-12-22(28(44)37-21-5-2-16(13-19(21)31)30(33,34)35)41-24(15)25(40-8-6-36-7-9-40)26(43)23-27(41)39-42(38-23)17-3-4-18(20(32)14-17)29-45-10-11-46-29/h2-5,13-15,22,29,36H,6-12H2,1H3,(H,37,44). The van der Waals surface area contributed by atoms with E-state index in [1.807, 2.05) is 11.8 Å². The molecule has 3 aliphatic rings. The zero-order valence-electron chi connectivity index (χ0n) is 24.4. The number of aromatic nitrogens is 4. The molecule has 2 unspecified atom stereocenters. The van der Waals surface area contributed by atoms with Crippen molar-refractivity contribution in [2.45, 2.75) is 37.8 Å². The Morgan fingerprint density at radius 2 is 1.83 bits per heavy atom. The van der Waals surface area contributed by atoms with E-state index in [-0.39, 0.29) is 50.9 Å². The topological polar surface area (TPSA) is 116 Å². The molecule has 0 radical (unpaired) electrons. The number of rotatable bonds is 5. The molecule has 0 bridgehead atoms. The number of fused-ring (bicyclic) bond motifs is 3. The first kappa shape index (κ1) is 30.6. The molecule has 0 spiro atoms. The Labute approximate surface area is 264 Å². The Morgan fingerprint density at radius 3 is 2.50 bits per heavy atom. The van der Waals surface area contributed by atoms with Crippen LogP contribution >= 0.6 is 11.6 Å². The summed E-state index contributed by atoms with van der Waals surface area (Å²) in [4.78, 5) is 31.0. The Hall–Kier alpha value is -4.05. The van der Waals surface area contributed by atoms with E-state index in [0.717, 1.165) is 23.0 Å². The molecule has 2 N–H and O–H groups in total. The summed E-state index contributed by atoms with van der Waals surface area (Å²) < 4.78 is 67.2. The molecule has 7 rings (SSSR count). The van der Waals surface area contributed by atoms with E-state index in [1.54, 1.807) is 10.6 Å². The van der Waals surface area contributed by atoms with Gasteiger partial charge in [-0.2, -0.15) is 13.2 Å². The van der Waals surface area contributed by atoms with Crippen LogP contribution < -0.4 is 21.0 Å². The smallest absolute Gasteiger partial charge is 0.364 e. The van der Waals surface area contributed by atoms with Crippen LogP contribution in [-0.4, -0.2) is 64.9 Å². The van der Waals surface area contributed by atoms with Crippen molar-refractivity contribution in [3.05, 3.63) is 74.3 Å². The van der Waals surface area contributed by atoms with Crippen LogP contribution in [0.5, 0.6) is 0 Å². The van der Waals surface area contributed by atoms with Crippen molar-refractivity contribution in [2.24, 2.45) is 0 Å². The number of pyridine rings is 1. The third kappa shape index (κ3) is 5.30. The van der Waals surface area contributed by atoms with E-state index in [4.69, 9.17) is 21.1 Å². The van der Waals surface area contributed by atoms with Gasteiger partial charge in [0, 0.05) is 43.7 Å². The summed E-state index contributed by atoms with van der Waals surface area (Å²) in [5, 5.41) is 14.7. The molecule has 0 saturated carbocycles. The SMILES string of the molecule is CC1CC(C(=O)Nc2ccc(C(F)(F)F)cc2Cl)n2c1c(N1CCNCC1)c(=O)c1nn(-c3ccc(C4OCCO4)c(F)c3)nc12. The average Bonchev–Trinajstić information content (AvgIpc) is 3.78. The fourth-order valence-electron chi connectivity index (χ4n) is 6.32. The second kappa shape index (κ2) is 11.6. The fourth-order valence-corrected chi connectivity index (χ4v) is 6.54. The number of hydrogen-bond acceptors (Lipinski definition) is 8. The van der Waals surface area contributed by atoms with Gasteiger partial charge >= 0.3 is 6.18 Å². The number of alkyl halides is 3. The lowest BCUT2D eigenvalue weighted by Crippen LogP contribution is -2.46. The maximum Gasteiger partial charge on any atom is 0.416 e. The van der Waals surface area contributed by atoms with Crippen molar-refractivity contribution < 1.29 is 31.8 Å². The number of benzene rings is 2. The van der Waals surface area contributed by atoms with Crippen molar-refractivity contribution in [2.75, 3.05) is 49.6 Å². The molecule has 0 aliphatic carbocycles. The van der Waals surface area contributed by atoms with Gasteiger partial charge in [-0.15, -0.1) is 15.0 Å². The number of amides is 1. The van der Waals surface area contributed by atoms with Crippen molar-refractivity contribution in [1.29, 1.82) is 0 Å². The quantitative estimate of drug-likeness (QED) is 0.300. The minimum Gasteiger partial charge on any atom is -0.364 e. The Kier molecular flexibility index (Phi) is 7.74. The van der Waals surface area contributed by atoms with E-state index >= 15 is 4.39 Å². The first-order chi connectivity index (χ1) is 22.0. The first-order valence-electron chi connectivity index (χ1n) is 14.7. The maximum absolute atomic E-state index is 15.2. The zero-order chi connectivity index (χ0) is 32.3. The van der Waals surface area contributed by atoms with E-state index < -0.39 is 35.8 Å². The van der Waals surface area contributed by atoms with Crippen molar-refractivity contribution >= 4 is 40.0 Å². The number of carbonyl (C=O) groups is 1. The number of carbonyl (C=O) groups excluding carboxylic acids is 1. The summed E-state index contributed by atoms with van der Waals surface area (Å²) in [7, 11) is 0. The molecule has 11 nitrogen and oxygen atoms in total. The summed E-state index contributed by atoms with van der Waals surface area (Å²) in [5.74, 6) is -1.43. The van der Waals surface area contributed by atoms with Crippen molar-refractivity contribution in [3.8, 4) is 5.69 Å². The molecule has 1 amide bonds. The summed E-state index contributed by atoms with van der Waals surface area (Å²) in [6.45, 7) is 4.98. The minimum absolute atomic E-state index is 0.00910. The summed E-state index contributed by atoms with van der Waals surface area (Å²) in [5.41, 5.74) is 0.267. The lowest BCUT2D eigenvalue weighted by atomic mass is 10.0. The maximum atomic E-state index is 15.2. The van der Waals surface area contributed by atoms with Gasteiger partial charge in [0.2, 0.25) is 11.3 Å². The van der Waals surface area contributed by atoms with Crippen LogP contribution in [0.1, 0.15) is 48.4 Å². The largest absolute Gasteiger partial charge is 0.416 e. The zero-order valence-corrected chi connectivity index (χ0v) is 25.2. The number of piperazine rings is 1. The van der Waals surface area contributed by atoms with Gasteiger partial charge in [0.15, 0.2) is 17.5 Å². The van der Waals surface area contributed by atoms with E-state index in [9.17, 15) is 22.8 Å². The van der Waals surface area contributed by atoms with Gasteiger partial charge in [-0.1, -0.05) is 18.5 Å². The number of halogens is 5. The van der Waals surface area contributed by atoms with Gasteiger partial charge in [-0.05, 0) is 36.8 Å². The molecule has 2 atom stereocenters. The van der Waals surface area contributed by atoms with Crippen molar-refractivity contribution in [3.63, 3.8) is 0 Å². The van der Waals surface area contributed by atoms with Gasteiger partial charge < -0.3 is 29.6 Å². The van der Waals surface area contributed by atoms with E-state index in [1.165, 1.54) is 12.1 Å². The molecule has 5 heterocycles. The monoisotopic (exact) mass is 661 g/mol. The van der Waals surface area contributed by atoms with E-state index in [2.05, 4.69) is 20.8 Å². The van der Waals surface area contributed by atoms with Gasteiger partial charge in [0.25, 0.3) is 0 Å². The van der Waals surface area contributed by atoms with Gasteiger partial charge in [-0.3, -0.25) is 9.59 Å². The van der Waals surface area contributed by atoms with Crippen LogP contribution in [-0.2, 0) is 20.4 Å². The first-order valence-corrected chi connectivity index (χ1v) is 15.1. The molecular weight excluding hydrogens is 634 g/mol. The molecule has 2 aromatic carbocycles. The van der Waals surface area contributed by atoms with Crippen LogP contribution in [0, 0.1) is 5.82 Å². The lowest BCUT2D eigenvalue weighted by molar-refractivity contribution is -0.137. The van der Waals surface area contributed by atoms with Crippen LogP contribution in [0.15, 0.2) is 41.2 Å². The summed E-state index contributed by atoms with van der Waals surface area (Å²) in [6.07, 6.45) is -5.15. The highest BCUT2D eigenvalue weighted by molar-refractivity contribution is 6.33. The fraction of sp³-hybridized carbons (Fsp3) is 0.400. The minimum atomic E-state index is -4.60. The average molecular weight is 662 g/mol. The molecule has 4 aromatic rings. The normalized spacial score (nSPS) is 20.4. The van der Waals surface area contributed by atoms with Crippen LogP contribution in [0.25, 0.3) is 16.9 Å². The number of anilines is 2. The predicted molar refractivity (Wildman–Crippen MR) is 160 cm³/mol. The lowest BCUT2D eigenvalue weighted by Gasteiger charge is -2.31. The molecule has 2 saturated heterocycles. The molecule has 242 valence electrons. The second-order valence-electron chi connectivity index (χ2n) is 11.4. The highest BCUT2D eigenvalue weighted by Gasteiger charge is 2.40. The Bertz CT molecular complexity index is 1900. The number of nitrogens with one attached hydrogen (secondary N) is 2. The van der Waals surface area contributed by atoms with Crippen molar-refractivity contribution in [1.82, 2.24) is 24.9 Å². The third-order valence-electron chi connectivity index (χ3n) is 8.49. The van der Waals surface area contributed by atoms with Crippen LogP contribution in [0.3, 0.4) is 0 Å². The van der Waals surface area contributed by atoms with Gasteiger partial charge in [0.1, 0.15) is 17.5 Å². The summed E-state index contributed by atoms with van der Waals surface area (Å²) >= 11 is 6.15. The number of ether oxygens (including phenoxy) is 2. The highest BCUT2D eigenvalue weighted by atomic mass is 35.5. The molecular formula is C30H28ClF4N7O4. The second-order valence-corrected chi connectivity index (χ2v) is 11.9. The van der Waals surface area contributed by atoms with Gasteiger partial charge in [-0.25, -0.2) is 4.39 Å².